The van der Waals surface area contributed by atoms with Crippen LogP contribution in [0.2, 0.25) is 0 Å². The molecule has 1 aromatic rings. The predicted octanol–water partition coefficient (Wildman–Crippen LogP) is 3.32. The molecule has 1 rings (SSSR count). The molecule has 1 amide bonds. The van der Waals surface area contributed by atoms with Crippen molar-refractivity contribution in [1.29, 1.82) is 0 Å². The third kappa shape index (κ3) is 8.48. The van der Waals surface area contributed by atoms with Crippen LogP contribution in [-0.2, 0) is 16.1 Å². The van der Waals surface area contributed by atoms with Crippen molar-refractivity contribution >= 4 is 11.6 Å². The van der Waals surface area contributed by atoms with E-state index >= 15 is 0 Å². The highest BCUT2D eigenvalue weighted by Gasteiger charge is 2.03. The average molecular weight is 292 g/mol. The summed E-state index contributed by atoms with van der Waals surface area (Å²) in [6.45, 7) is 6.34. The number of hydrogen-bond acceptors (Lipinski definition) is 3. The van der Waals surface area contributed by atoms with Gasteiger partial charge in [0, 0.05) is 31.9 Å². The first-order chi connectivity index (χ1) is 10.1. The number of ether oxygens (including phenoxy) is 1. The molecular weight excluding hydrogens is 264 g/mol. The van der Waals surface area contributed by atoms with Gasteiger partial charge in [0.2, 0.25) is 5.91 Å². The Balaban J connectivity index is 2.11. The Kier molecular flexibility index (Phi) is 8.71. The van der Waals surface area contributed by atoms with Gasteiger partial charge in [-0.3, -0.25) is 4.79 Å². The molecule has 3 N–H and O–H groups in total. The standard InChI is InChI=1S/C17H28N2O2/c1-14(2)6-4-10-21-11-5-9-17(20)19-16-8-3-7-15(12-16)13-18/h3,7-8,12,14H,4-6,9-11,13,18H2,1-2H3,(H,19,20). The molecule has 0 saturated heterocycles. The summed E-state index contributed by atoms with van der Waals surface area (Å²) < 4.78 is 5.52. The monoisotopic (exact) mass is 292 g/mol. The largest absolute Gasteiger partial charge is 0.381 e. The lowest BCUT2D eigenvalue weighted by Gasteiger charge is -2.08. The SMILES string of the molecule is CC(C)CCCOCCCC(=O)Nc1cccc(CN)c1. The number of amides is 1. The van der Waals surface area contributed by atoms with Crippen LogP contribution in [0.25, 0.3) is 0 Å². The first-order valence-electron chi connectivity index (χ1n) is 7.78. The fourth-order valence-electron chi connectivity index (χ4n) is 2.03. The Hall–Kier alpha value is -1.39. The van der Waals surface area contributed by atoms with Crippen molar-refractivity contribution in [2.24, 2.45) is 11.7 Å². The molecule has 0 radical (unpaired) electrons. The van der Waals surface area contributed by atoms with Gasteiger partial charge in [-0.25, -0.2) is 0 Å². The first kappa shape index (κ1) is 17.7. The van der Waals surface area contributed by atoms with Crippen molar-refractivity contribution in [3.63, 3.8) is 0 Å². The van der Waals surface area contributed by atoms with E-state index in [-0.39, 0.29) is 5.91 Å². The number of carbonyl (C=O) groups is 1. The van der Waals surface area contributed by atoms with Gasteiger partial charge in [0.05, 0.1) is 0 Å². The van der Waals surface area contributed by atoms with Crippen LogP contribution < -0.4 is 11.1 Å². The van der Waals surface area contributed by atoms with Gasteiger partial charge in [-0.05, 0) is 42.9 Å². The molecule has 0 bridgehead atoms. The van der Waals surface area contributed by atoms with Crippen molar-refractivity contribution in [1.82, 2.24) is 0 Å². The van der Waals surface area contributed by atoms with Crippen LogP contribution in [0.3, 0.4) is 0 Å². The van der Waals surface area contributed by atoms with Gasteiger partial charge in [0.25, 0.3) is 0 Å². The van der Waals surface area contributed by atoms with E-state index in [1.165, 1.54) is 6.42 Å². The zero-order chi connectivity index (χ0) is 15.5. The molecule has 0 aliphatic heterocycles. The fraction of sp³-hybridized carbons (Fsp3) is 0.588. The fourth-order valence-corrected chi connectivity index (χ4v) is 2.03. The molecule has 1 aromatic carbocycles. The molecule has 0 atom stereocenters. The van der Waals surface area contributed by atoms with E-state index in [2.05, 4.69) is 19.2 Å². The highest BCUT2D eigenvalue weighted by molar-refractivity contribution is 5.90. The molecule has 0 aliphatic carbocycles. The Morgan fingerprint density at radius 3 is 2.76 bits per heavy atom. The summed E-state index contributed by atoms with van der Waals surface area (Å²) in [5.41, 5.74) is 7.40. The summed E-state index contributed by atoms with van der Waals surface area (Å²) in [5, 5.41) is 2.88. The Morgan fingerprint density at radius 2 is 2.05 bits per heavy atom. The number of nitrogens with one attached hydrogen (secondary N) is 1. The molecule has 118 valence electrons. The molecule has 0 fully saturated rings. The number of hydrogen-bond donors (Lipinski definition) is 2. The van der Waals surface area contributed by atoms with Crippen LogP contribution in [0.1, 0.15) is 45.1 Å². The number of rotatable bonds is 10. The lowest BCUT2D eigenvalue weighted by molar-refractivity contribution is -0.116. The highest BCUT2D eigenvalue weighted by atomic mass is 16.5. The van der Waals surface area contributed by atoms with Gasteiger partial charge in [0.1, 0.15) is 0 Å². The van der Waals surface area contributed by atoms with Crippen molar-refractivity contribution in [2.75, 3.05) is 18.5 Å². The zero-order valence-corrected chi connectivity index (χ0v) is 13.2. The molecular formula is C17H28N2O2. The summed E-state index contributed by atoms with van der Waals surface area (Å²) >= 11 is 0. The van der Waals surface area contributed by atoms with E-state index in [0.717, 1.165) is 36.6 Å². The quantitative estimate of drug-likeness (QED) is 0.650. The van der Waals surface area contributed by atoms with E-state index in [4.69, 9.17) is 10.5 Å². The Bertz CT molecular complexity index is 419. The van der Waals surface area contributed by atoms with Crippen molar-refractivity contribution in [3.05, 3.63) is 29.8 Å². The van der Waals surface area contributed by atoms with Gasteiger partial charge in [0.15, 0.2) is 0 Å². The number of carbonyl (C=O) groups excluding carboxylic acids is 1. The minimum atomic E-state index is 0.0231. The van der Waals surface area contributed by atoms with E-state index in [1.807, 2.05) is 24.3 Å². The molecule has 0 unspecified atom stereocenters. The summed E-state index contributed by atoms with van der Waals surface area (Å²) in [4.78, 5) is 11.8. The third-order valence-corrected chi connectivity index (χ3v) is 3.21. The lowest BCUT2D eigenvalue weighted by Crippen LogP contribution is -2.12. The molecule has 21 heavy (non-hydrogen) atoms. The Labute approximate surface area is 128 Å². The topological polar surface area (TPSA) is 64.3 Å². The summed E-state index contributed by atoms with van der Waals surface area (Å²) in [6, 6.07) is 7.62. The van der Waals surface area contributed by atoms with Gasteiger partial charge < -0.3 is 15.8 Å². The van der Waals surface area contributed by atoms with Crippen LogP contribution in [0, 0.1) is 5.92 Å². The maximum absolute atomic E-state index is 11.8. The van der Waals surface area contributed by atoms with Crippen LogP contribution in [0.5, 0.6) is 0 Å². The normalized spacial score (nSPS) is 10.9. The van der Waals surface area contributed by atoms with Crippen molar-refractivity contribution < 1.29 is 9.53 Å². The van der Waals surface area contributed by atoms with Gasteiger partial charge in [-0.15, -0.1) is 0 Å². The second-order valence-corrected chi connectivity index (χ2v) is 5.70. The van der Waals surface area contributed by atoms with Crippen molar-refractivity contribution in [2.45, 2.75) is 46.1 Å². The Morgan fingerprint density at radius 1 is 1.29 bits per heavy atom. The van der Waals surface area contributed by atoms with Crippen molar-refractivity contribution in [3.8, 4) is 0 Å². The summed E-state index contributed by atoms with van der Waals surface area (Å²) in [7, 11) is 0. The third-order valence-electron chi connectivity index (χ3n) is 3.21. The maximum atomic E-state index is 11.8. The molecule has 0 saturated carbocycles. The highest BCUT2D eigenvalue weighted by Crippen LogP contribution is 2.10. The smallest absolute Gasteiger partial charge is 0.224 e. The average Bonchev–Trinajstić information content (AvgIpc) is 2.46. The summed E-state index contributed by atoms with van der Waals surface area (Å²) in [6.07, 6.45) is 3.52. The van der Waals surface area contributed by atoms with Gasteiger partial charge in [-0.1, -0.05) is 26.0 Å². The number of nitrogens with two attached hydrogens (primary N) is 1. The second kappa shape index (κ2) is 10.4. The first-order valence-corrected chi connectivity index (χ1v) is 7.78. The molecule has 4 nitrogen and oxygen atoms in total. The van der Waals surface area contributed by atoms with Crippen LogP contribution in [-0.4, -0.2) is 19.1 Å². The van der Waals surface area contributed by atoms with Crippen LogP contribution >= 0.6 is 0 Å². The zero-order valence-electron chi connectivity index (χ0n) is 13.2. The predicted molar refractivity (Wildman–Crippen MR) is 87.1 cm³/mol. The van der Waals surface area contributed by atoms with Crippen LogP contribution in [0.4, 0.5) is 5.69 Å². The minimum Gasteiger partial charge on any atom is -0.381 e. The molecule has 0 aliphatic rings. The number of anilines is 1. The molecule has 0 spiro atoms. The van der Waals surface area contributed by atoms with Gasteiger partial charge in [-0.2, -0.15) is 0 Å². The van der Waals surface area contributed by atoms with E-state index in [0.29, 0.717) is 19.6 Å². The minimum absolute atomic E-state index is 0.0231. The van der Waals surface area contributed by atoms with E-state index in [1.54, 1.807) is 0 Å². The maximum Gasteiger partial charge on any atom is 0.224 e. The molecule has 4 heteroatoms. The lowest BCUT2D eigenvalue weighted by atomic mass is 10.1. The second-order valence-electron chi connectivity index (χ2n) is 5.70. The number of benzene rings is 1. The molecule has 0 aromatic heterocycles. The summed E-state index contributed by atoms with van der Waals surface area (Å²) in [5.74, 6) is 0.749. The van der Waals surface area contributed by atoms with E-state index in [9.17, 15) is 4.79 Å². The van der Waals surface area contributed by atoms with E-state index < -0.39 is 0 Å². The van der Waals surface area contributed by atoms with Gasteiger partial charge >= 0.3 is 0 Å². The molecule has 0 heterocycles. The van der Waals surface area contributed by atoms with Crippen LogP contribution in [0.15, 0.2) is 24.3 Å².